The lowest BCUT2D eigenvalue weighted by atomic mass is 9.77. The first-order valence-corrected chi connectivity index (χ1v) is 8.74. The van der Waals surface area contributed by atoms with Crippen molar-refractivity contribution in [1.82, 2.24) is 9.97 Å². The molecule has 2 nitrogen and oxygen atoms in total. The predicted molar refractivity (Wildman–Crippen MR) is 98.7 cm³/mol. The summed E-state index contributed by atoms with van der Waals surface area (Å²) in [6, 6.07) is 10.6. The molecule has 2 heteroatoms. The molecule has 0 radical (unpaired) electrons. The Kier molecular flexibility index (Phi) is 5.23. The van der Waals surface area contributed by atoms with Gasteiger partial charge in [-0.2, -0.15) is 0 Å². The zero-order chi connectivity index (χ0) is 17.1. The van der Waals surface area contributed by atoms with Crippen LogP contribution in [0.4, 0.5) is 0 Å². The molecule has 2 rings (SSSR count). The number of nitrogens with zero attached hydrogens (tertiary/aromatic N) is 2. The van der Waals surface area contributed by atoms with Crippen molar-refractivity contribution in [2.45, 2.75) is 71.6 Å². The lowest BCUT2D eigenvalue weighted by Gasteiger charge is -2.29. The van der Waals surface area contributed by atoms with Gasteiger partial charge in [0, 0.05) is 17.3 Å². The quantitative estimate of drug-likeness (QED) is 0.663. The van der Waals surface area contributed by atoms with Gasteiger partial charge in [0.2, 0.25) is 0 Å². The first-order valence-electron chi connectivity index (χ1n) is 8.74. The molecule has 0 aromatic carbocycles. The molecule has 0 amide bonds. The fourth-order valence-electron chi connectivity index (χ4n) is 2.86. The minimum atomic E-state index is 0.0713. The Balaban J connectivity index is 2.62. The number of pyridine rings is 2. The highest BCUT2D eigenvalue weighted by atomic mass is 14.8. The maximum atomic E-state index is 4.96. The van der Waals surface area contributed by atoms with Gasteiger partial charge in [-0.05, 0) is 48.1 Å². The summed E-state index contributed by atoms with van der Waals surface area (Å²) in [5, 5.41) is 0. The summed E-state index contributed by atoms with van der Waals surface area (Å²) in [6.07, 6.45) is 5.26. The molecular weight excluding hydrogens is 280 g/mol. The van der Waals surface area contributed by atoms with E-state index in [2.05, 4.69) is 58.7 Å². The fraction of sp³-hybridized carbons (Fsp3) is 0.524. The third-order valence-electron chi connectivity index (χ3n) is 4.99. The Morgan fingerprint density at radius 3 is 2.22 bits per heavy atom. The van der Waals surface area contributed by atoms with Gasteiger partial charge in [0.1, 0.15) is 0 Å². The summed E-state index contributed by atoms with van der Waals surface area (Å²) < 4.78 is 0. The molecule has 2 aromatic rings. The van der Waals surface area contributed by atoms with Crippen LogP contribution in [0.25, 0.3) is 11.4 Å². The van der Waals surface area contributed by atoms with Crippen LogP contribution in [0, 0.1) is 0 Å². The molecule has 0 N–H and O–H groups in total. The van der Waals surface area contributed by atoms with E-state index in [4.69, 9.17) is 4.98 Å². The van der Waals surface area contributed by atoms with Crippen LogP contribution in [0.1, 0.15) is 72.1 Å². The second kappa shape index (κ2) is 6.82. The molecule has 0 spiro atoms. The van der Waals surface area contributed by atoms with Crippen LogP contribution in [0.2, 0.25) is 0 Å². The Hall–Kier alpha value is -1.70. The topological polar surface area (TPSA) is 25.8 Å². The van der Waals surface area contributed by atoms with Gasteiger partial charge in [0.05, 0.1) is 11.4 Å². The smallest absolute Gasteiger partial charge is 0.0892 e. The van der Waals surface area contributed by atoms with Crippen LogP contribution in [0.3, 0.4) is 0 Å². The van der Waals surface area contributed by atoms with E-state index < -0.39 is 0 Å². The Morgan fingerprint density at radius 2 is 1.65 bits per heavy atom. The molecule has 0 saturated heterocycles. The zero-order valence-electron chi connectivity index (χ0n) is 15.5. The molecule has 2 aromatic heterocycles. The standard InChI is InChI=1S/C21H30N2/c1-7-12-21(5,6)16-14-18(17-11-9-10-13-22-17)23-19(15-16)20(3,4)8-2/h9-11,13-15H,7-8,12H2,1-6H3. The van der Waals surface area contributed by atoms with Crippen molar-refractivity contribution in [2.75, 3.05) is 0 Å². The van der Waals surface area contributed by atoms with Crippen molar-refractivity contribution in [3.05, 3.63) is 47.8 Å². The lowest BCUT2D eigenvalue weighted by Crippen LogP contribution is -2.22. The van der Waals surface area contributed by atoms with Gasteiger partial charge in [-0.15, -0.1) is 0 Å². The lowest BCUT2D eigenvalue weighted by molar-refractivity contribution is 0.461. The van der Waals surface area contributed by atoms with Crippen LogP contribution in [0.5, 0.6) is 0 Å². The first-order chi connectivity index (χ1) is 10.8. The summed E-state index contributed by atoms with van der Waals surface area (Å²) in [5.41, 5.74) is 4.70. The molecule has 124 valence electrons. The van der Waals surface area contributed by atoms with Gasteiger partial charge in [-0.1, -0.05) is 54.0 Å². The highest BCUT2D eigenvalue weighted by molar-refractivity contribution is 5.56. The van der Waals surface area contributed by atoms with E-state index in [-0.39, 0.29) is 10.8 Å². The predicted octanol–water partition coefficient (Wildman–Crippen LogP) is 5.91. The molecule has 0 bridgehead atoms. The van der Waals surface area contributed by atoms with Gasteiger partial charge in [0.25, 0.3) is 0 Å². The molecule has 23 heavy (non-hydrogen) atoms. The second-order valence-corrected chi connectivity index (χ2v) is 7.71. The summed E-state index contributed by atoms with van der Waals surface area (Å²) in [6.45, 7) is 13.7. The number of hydrogen-bond acceptors (Lipinski definition) is 2. The van der Waals surface area contributed by atoms with Crippen molar-refractivity contribution in [1.29, 1.82) is 0 Å². The van der Waals surface area contributed by atoms with Crippen LogP contribution in [-0.4, -0.2) is 9.97 Å². The van der Waals surface area contributed by atoms with Gasteiger partial charge in [-0.25, -0.2) is 0 Å². The second-order valence-electron chi connectivity index (χ2n) is 7.71. The van der Waals surface area contributed by atoms with Gasteiger partial charge in [0.15, 0.2) is 0 Å². The Morgan fingerprint density at radius 1 is 0.913 bits per heavy atom. The van der Waals surface area contributed by atoms with Crippen molar-refractivity contribution in [3.63, 3.8) is 0 Å². The highest BCUT2D eigenvalue weighted by Crippen LogP contribution is 2.34. The molecule has 0 unspecified atom stereocenters. The number of rotatable bonds is 6. The molecule has 0 saturated carbocycles. The summed E-state index contributed by atoms with van der Waals surface area (Å²) in [5.74, 6) is 0. The van der Waals surface area contributed by atoms with E-state index in [1.807, 2.05) is 24.4 Å². The highest BCUT2D eigenvalue weighted by Gasteiger charge is 2.26. The molecule has 0 atom stereocenters. The third kappa shape index (κ3) is 3.99. The Bertz CT molecular complexity index is 642. The SMILES string of the molecule is CCCC(C)(C)c1cc(-c2ccccn2)nc(C(C)(C)CC)c1. The van der Waals surface area contributed by atoms with E-state index in [9.17, 15) is 0 Å². The van der Waals surface area contributed by atoms with Gasteiger partial charge < -0.3 is 0 Å². The van der Waals surface area contributed by atoms with E-state index in [0.717, 1.165) is 17.8 Å². The monoisotopic (exact) mass is 310 g/mol. The van der Waals surface area contributed by atoms with E-state index in [1.54, 1.807) is 0 Å². The molecule has 0 aliphatic rings. The molecular formula is C21H30N2. The Labute approximate surface area is 141 Å². The van der Waals surface area contributed by atoms with Crippen LogP contribution < -0.4 is 0 Å². The largest absolute Gasteiger partial charge is 0.255 e. The maximum Gasteiger partial charge on any atom is 0.0892 e. The normalized spacial score (nSPS) is 12.4. The zero-order valence-corrected chi connectivity index (χ0v) is 15.5. The minimum Gasteiger partial charge on any atom is -0.255 e. The summed E-state index contributed by atoms with van der Waals surface area (Å²) >= 11 is 0. The van der Waals surface area contributed by atoms with Crippen molar-refractivity contribution >= 4 is 0 Å². The average Bonchev–Trinajstić information content (AvgIpc) is 2.55. The van der Waals surface area contributed by atoms with Gasteiger partial charge in [-0.3, -0.25) is 9.97 Å². The summed E-state index contributed by atoms with van der Waals surface area (Å²) in [4.78, 5) is 9.46. The van der Waals surface area contributed by atoms with E-state index in [0.29, 0.717) is 0 Å². The van der Waals surface area contributed by atoms with Crippen LogP contribution >= 0.6 is 0 Å². The van der Waals surface area contributed by atoms with Gasteiger partial charge >= 0.3 is 0 Å². The van der Waals surface area contributed by atoms with Crippen molar-refractivity contribution in [3.8, 4) is 11.4 Å². The van der Waals surface area contributed by atoms with Crippen molar-refractivity contribution in [2.24, 2.45) is 0 Å². The van der Waals surface area contributed by atoms with Crippen LogP contribution in [-0.2, 0) is 10.8 Å². The fourth-order valence-corrected chi connectivity index (χ4v) is 2.86. The molecule has 0 fully saturated rings. The molecule has 0 aliphatic heterocycles. The number of aromatic nitrogens is 2. The first kappa shape index (κ1) is 17.7. The third-order valence-corrected chi connectivity index (χ3v) is 4.99. The minimum absolute atomic E-state index is 0.0713. The summed E-state index contributed by atoms with van der Waals surface area (Å²) in [7, 11) is 0. The molecule has 0 aliphatic carbocycles. The maximum absolute atomic E-state index is 4.96. The molecule has 2 heterocycles. The number of hydrogen-bond donors (Lipinski definition) is 0. The van der Waals surface area contributed by atoms with E-state index in [1.165, 1.54) is 24.1 Å². The van der Waals surface area contributed by atoms with E-state index >= 15 is 0 Å². The average molecular weight is 310 g/mol. The van der Waals surface area contributed by atoms with Crippen molar-refractivity contribution < 1.29 is 0 Å². The van der Waals surface area contributed by atoms with Crippen LogP contribution in [0.15, 0.2) is 36.5 Å².